The summed E-state index contributed by atoms with van der Waals surface area (Å²) >= 11 is 0. The Bertz CT molecular complexity index is 693. The highest BCUT2D eigenvalue weighted by Crippen LogP contribution is 2.38. The molecule has 25 heavy (non-hydrogen) atoms. The van der Waals surface area contributed by atoms with Gasteiger partial charge in [-0.15, -0.1) is 0 Å². The van der Waals surface area contributed by atoms with Gasteiger partial charge in [-0.05, 0) is 23.1 Å². The number of carbonyl (C=O) groups is 1. The largest absolute Gasteiger partial charge is 0.293 e. The van der Waals surface area contributed by atoms with Gasteiger partial charge in [0, 0.05) is 11.5 Å². The fraction of sp³-hybridized carbons (Fsp3) is 0.435. The normalized spacial score (nSPS) is 13.5. The van der Waals surface area contributed by atoms with E-state index in [1.54, 1.807) is 0 Å². The van der Waals surface area contributed by atoms with Crippen LogP contribution in [0.1, 0.15) is 61.5 Å². The lowest BCUT2D eigenvalue weighted by molar-refractivity contribution is 0.0957. The van der Waals surface area contributed by atoms with Gasteiger partial charge >= 0.3 is 0 Å². The van der Waals surface area contributed by atoms with E-state index in [1.165, 1.54) is 5.56 Å². The third-order valence-electron chi connectivity index (χ3n) is 5.84. The molecule has 0 aromatic heterocycles. The van der Waals surface area contributed by atoms with E-state index < -0.39 is 8.07 Å². The van der Waals surface area contributed by atoms with Gasteiger partial charge in [-0.1, -0.05) is 101 Å². The van der Waals surface area contributed by atoms with E-state index in [0.717, 1.165) is 23.6 Å². The Morgan fingerprint density at radius 3 is 2.00 bits per heavy atom. The lowest BCUT2D eigenvalue weighted by Gasteiger charge is -2.37. The highest BCUT2D eigenvalue weighted by atomic mass is 28.3. The van der Waals surface area contributed by atoms with Gasteiger partial charge < -0.3 is 0 Å². The van der Waals surface area contributed by atoms with Crippen molar-refractivity contribution in [3.05, 3.63) is 71.3 Å². The molecule has 0 amide bonds. The summed E-state index contributed by atoms with van der Waals surface area (Å²) in [7, 11) is -1.36. The summed E-state index contributed by atoms with van der Waals surface area (Å²) in [6.45, 7) is 14.0. The van der Waals surface area contributed by atoms with Crippen LogP contribution in [0.3, 0.4) is 0 Å². The number of carbonyl (C=O) groups excluding carboxylic acids is 1. The van der Waals surface area contributed by atoms with Gasteiger partial charge in [-0.2, -0.15) is 0 Å². The first-order chi connectivity index (χ1) is 11.7. The molecule has 1 nitrogen and oxygen atoms in total. The molecule has 1 atom stereocenters. The van der Waals surface area contributed by atoms with E-state index in [-0.39, 0.29) is 11.7 Å². The van der Waals surface area contributed by atoms with Crippen molar-refractivity contribution in [2.75, 3.05) is 0 Å². The summed E-state index contributed by atoms with van der Waals surface area (Å²) < 4.78 is 0. The Labute approximate surface area is 154 Å². The van der Waals surface area contributed by atoms with Crippen molar-refractivity contribution in [2.45, 2.75) is 64.2 Å². The van der Waals surface area contributed by atoms with Gasteiger partial charge in [0.1, 0.15) is 0 Å². The van der Waals surface area contributed by atoms with Crippen molar-refractivity contribution < 1.29 is 4.79 Å². The lowest BCUT2D eigenvalue weighted by atomic mass is 9.88. The molecule has 0 aliphatic rings. The molecule has 2 rings (SSSR count). The average Bonchev–Trinajstić information content (AvgIpc) is 2.55. The first-order valence-electron chi connectivity index (χ1n) is 9.34. The van der Waals surface area contributed by atoms with Crippen LogP contribution in [0.2, 0.25) is 18.1 Å². The van der Waals surface area contributed by atoms with Crippen LogP contribution in [0.5, 0.6) is 0 Å². The van der Waals surface area contributed by atoms with Crippen molar-refractivity contribution in [3.8, 4) is 0 Å². The van der Waals surface area contributed by atoms with Crippen LogP contribution in [-0.2, 0) is 6.04 Å². The first kappa shape index (κ1) is 19.6. The van der Waals surface area contributed by atoms with E-state index >= 15 is 0 Å². The molecule has 0 saturated heterocycles. The Morgan fingerprint density at radius 2 is 1.52 bits per heavy atom. The SMILES string of the molecule is CCC(C(=O)c1ccc(C[Si](C)(C)C(C)(C)C)cc1)c1ccccc1. The summed E-state index contributed by atoms with van der Waals surface area (Å²) in [5.41, 5.74) is 3.30. The molecule has 0 aliphatic carbocycles. The highest BCUT2D eigenvalue weighted by Gasteiger charge is 2.34. The predicted octanol–water partition coefficient (Wildman–Crippen LogP) is 6.65. The molecule has 0 fully saturated rings. The molecule has 0 radical (unpaired) electrons. The second-order valence-corrected chi connectivity index (χ2v) is 14.4. The van der Waals surface area contributed by atoms with E-state index in [1.807, 2.05) is 30.3 Å². The maximum absolute atomic E-state index is 12.9. The van der Waals surface area contributed by atoms with Crippen LogP contribution in [0.15, 0.2) is 54.6 Å². The first-order valence-corrected chi connectivity index (χ1v) is 12.5. The van der Waals surface area contributed by atoms with E-state index in [0.29, 0.717) is 5.04 Å². The van der Waals surface area contributed by atoms with Crippen LogP contribution in [0.25, 0.3) is 0 Å². The zero-order valence-corrected chi connectivity index (χ0v) is 17.6. The molecule has 0 spiro atoms. The van der Waals surface area contributed by atoms with Gasteiger partial charge in [-0.25, -0.2) is 0 Å². The van der Waals surface area contributed by atoms with Crippen LogP contribution < -0.4 is 0 Å². The summed E-state index contributed by atoms with van der Waals surface area (Å²) in [6.07, 6.45) is 0.828. The number of ketones is 1. The summed E-state index contributed by atoms with van der Waals surface area (Å²) in [6, 6.07) is 19.6. The summed E-state index contributed by atoms with van der Waals surface area (Å²) in [5, 5.41) is 0.377. The van der Waals surface area contributed by atoms with Crippen molar-refractivity contribution >= 4 is 13.9 Å². The summed E-state index contributed by atoms with van der Waals surface area (Å²) in [4.78, 5) is 12.9. The Kier molecular flexibility index (Phi) is 6.05. The molecule has 2 aromatic rings. The topological polar surface area (TPSA) is 17.1 Å². The quantitative estimate of drug-likeness (QED) is 0.420. The Balaban J connectivity index is 2.18. The second-order valence-electron chi connectivity index (χ2n) is 8.74. The maximum atomic E-state index is 12.9. The standard InChI is InChI=1S/C23H32OSi/c1-7-21(19-11-9-8-10-12-19)22(24)20-15-13-18(14-16-20)17-25(5,6)23(2,3)4/h8-16,21H,7,17H2,1-6H3. The second kappa shape index (κ2) is 7.70. The van der Waals surface area contributed by atoms with Crippen LogP contribution in [0.4, 0.5) is 0 Å². The molecule has 2 aromatic carbocycles. The molecular weight excluding hydrogens is 320 g/mol. The number of Topliss-reactive ketones (excluding diaryl/α,β-unsaturated/α-hetero) is 1. The van der Waals surface area contributed by atoms with Gasteiger partial charge in [0.15, 0.2) is 5.78 Å². The zero-order chi connectivity index (χ0) is 18.7. The zero-order valence-electron chi connectivity index (χ0n) is 16.6. The van der Waals surface area contributed by atoms with Gasteiger partial charge in [0.25, 0.3) is 0 Å². The van der Waals surface area contributed by atoms with Gasteiger partial charge in [0.2, 0.25) is 0 Å². The average molecular weight is 353 g/mol. The van der Waals surface area contributed by atoms with E-state index in [2.05, 4.69) is 65.1 Å². The third-order valence-corrected chi connectivity index (χ3v) is 11.2. The number of hydrogen-bond acceptors (Lipinski definition) is 1. The molecule has 1 unspecified atom stereocenters. The minimum Gasteiger partial charge on any atom is -0.293 e. The number of hydrogen-bond donors (Lipinski definition) is 0. The molecule has 0 aliphatic heterocycles. The molecule has 0 saturated carbocycles. The number of benzene rings is 2. The van der Waals surface area contributed by atoms with Gasteiger partial charge in [-0.3, -0.25) is 4.79 Å². The van der Waals surface area contributed by atoms with E-state index in [4.69, 9.17) is 0 Å². The predicted molar refractivity (Wildman–Crippen MR) is 111 cm³/mol. The maximum Gasteiger partial charge on any atom is 0.170 e. The smallest absolute Gasteiger partial charge is 0.170 e. The van der Waals surface area contributed by atoms with E-state index in [9.17, 15) is 4.79 Å². The minimum absolute atomic E-state index is 0.0487. The number of rotatable bonds is 6. The van der Waals surface area contributed by atoms with Crippen LogP contribution in [-0.4, -0.2) is 13.9 Å². The van der Waals surface area contributed by atoms with Crippen LogP contribution >= 0.6 is 0 Å². The Morgan fingerprint density at radius 1 is 0.960 bits per heavy atom. The molecular formula is C23H32OSi. The van der Waals surface area contributed by atoms with Crippen molar-refractivity contribution in [3.63, 3.8) is 0 Å². The summed E-state index contributed by atoms with van der Waals surface area (Å²) in [5.74, 6) is 0.181. The molecule has 0 N–H and O–H groups in total. The fourth-order valence-corrected chi connectivity index (χ4v) is 4.81. The van der Waals surface area contributed by atoms with Crippen molar-refractivity contribution in [1.29, 1.82) is 0 Å². The molecule has 0 heterocycles. The van der Waals surface area contributed by atoms with Crippen molar-refractivity contribution in [2.24, 2.45) is 0 Å². The molecule has 0 bridgehead atoms. The van der Waals surface area contributed by atoms with Crippen molar-refractivity contribution in [1.82, 2.24) is 0 Å². The molecule has 2 heteroatoms. The third kappa shape index (κ3) is 4.69. The fourth-order valence-electron chi connectivity index (χ4n) is 3.02. The molecule has 134 valence electrons. The lowest BCUT2D eigenvalue weighted by Crippen LogP contribution is -2.39. The monoisotopic (exact) mass is 352 g/mol. The van der Waals surface area contributed by atoms with Crippen LogP contribution in [0, 0.1) is 0 Å². The highest BCUT2D eigenvalue weighted by molar-refractivity contribution is 6.79. The Hall–Kier alpha value is -1.67. The minimum atomic E-state index is -1.36. The van der Waals surface area contributed by atoms with Gasteiger partial charge in [0.05, 0.1) is 8.07 Å².